The second-order valence-electron chi connectivity index (χ2n) is 5.66. The van der Waals surface area contributed by atoms with Gasteiger partial charge in [0.15, 0.2) is 0 Å². The first kappa shape index (κ1) is 17.0. The fraction of sp³-hybridized carbons (Fsp3) is 0.412. The van der Waals surface area contributed by atoms with Crippen molar-refractivity contribution in [3.05, 3.63) is 47.1 Å². The van der Waals surface area contributed by atoms with Crippen LogP contribution in [0.3, 0.4) is 0 Å². The van der Waals surface area contributed by atoms with E-state index in [0.29, 0.717) is 17.5 Å². The van der Waals surface area contributed by atoms with E-state index in [0.717, 1.165) is 37.4 Å². The Morgan fingerprint density at radius 3 is 2.83 bits per heavy atom. The highest BCUT2D eigenvalue weighted by atomic mass is 35.5. The minimum Gasteiger partial charge on any atom is -0.492 e. The molecule has 1 aromatic carbocycles. The smallest absolute Gasteiger partial charge is 0.252 e. The third-order valence-electron chi connectivity index (χ3n) is 3.93. The molecule has 0 saturated carbocycles. The van der Waals surface area contributed by atoms with Gasteiger partial charge in [-0.25, -0.2) is 0 Å². The Bertz CT molecular complexity index is 654. The van der Waals surface area contributed by atoms with Crippen molar-refractivity contribution in [2.45, 2.75) is 19.1 Å². The van der Waals surface area contributed by atoms with E-state index < -0.39 is 0 Å². The maximum Gasteiger partial charge on any atom is 0.252 e. The van der Waals surface area contributed by atoms with E-state index in [1.165, 1.54) is 0 Å². The van der Waals surface area contributed by atoms with Crippen LogP contribution in [0.4, 0.5) is 0 Å². The van der Waals surface area contributed by atoms with Crippen molar-refractivity contribution in [1.82, 2.24) is 15.1 Å². The second-order valence-corrected chi connectivity index (χ2v) is 6.07. The molecule has 0 spiro atoms. The van der Waals surface area contributed by atoms with Gasteiger partial charge in [0.05, 0.1) is 12.8 Å². The molecule has 1 N–H and O–H groups in total. The molecule has 1 atom stereocenters. The quantitative estimate of drug-likeness (QED) is 0.826. The van der Waals surface area contributed by atoms with Gasteiger partial charge in [0.2, 0.25) is 0 Å². The van der Waals surface area contributed by atoms with Crippen molar-refractivity contribution in [2.75, 3.05) is 26.2 Å². The van der Waals surface area contributed by atoms with Crippen LogP contribution in [0.2, 0.25) is 5.02 Å². The number of aromatic nitrogens is 2. The van der Waals surface area contributed by atoms with Gasteiger partial charge >= 0.3 is 0 Å². The summed E-state index contributed by atoms with van der Waals surface area (Å²) in [5.74, 6) is 1.21. The lowest BCUT2D eigenvalue weighted by Gasteiger charge is -2.17. The molecule has 0 aliphatic carbocycles. The lowest BCUT2D eigenvalue weighted by Crippen LogP contribution is -2.29. The first-order chi connectivity index (χ1) is 11.7. The van der Waals surface area contributed by atoms with E-state index in [4.69, 9.17) is 26.2 Å². The van der Waals surface area contributed by atoms with Gasteiger partial charge < -0.3 is 14.6 Å². The van der Waals surface area contributed by atoms with E-state index >= 15 is 0 Å². The molecule has 0 amide bonds. The molecule has 1 unspecified atom stereocenters. The summed E-state index contributed by atoms with van der Waals surface area (Å²) in [4.78, 5) is 2.29. The first-order valence-electron chi connectivity index (χ1n) is 7.93. The van der Waals surface area contributed by atoms with Crippen LogP contribution in [0, 0.1) is 0 Å². The Morgan fingerprint density at radius 1 is 1.25 bits per heavy atom. The summed E-state index contributed by atoms with van der Waals surface area (Å²) in [5.41, 5.74) is 0.879. The number of aliphatic hydroxyl groups excluding tert-OH is 1. The van der Waals surface area contributed by atoms with Crippen molar-refractivity contribution < 1.29 is 14.6 Å². The molecule has 2 aromatic rings. The molecule has 0 radical (unpaired) electrons. The van der Waals surface area contributed by atoms with E-state index in [1.54, 1.807) is 12.3 Å². The molecule has 128 valence electrons. The van der Waals surface area contributed by atoms with E-state index in [1.807, 2.05) is 24.3 Å². The average Bonchev–Trinajstić information content (AvgIpc) is 3.05. The third-order valence-corrected chi connectivity index (χ3v) is 4.22. The molecule has 2 heterocycles. The summed E-state index contributed by atoms with van der Waals surface area (Å²) in [5, 5.41) is 17.2. The maximum atomic E-state index is 9.02. The monoisotopic (exact) mass is 349 g/mol. The van der Waals surface area contributed by atoms with Gasteiger partial charge in [-0.1, -0.05) is 23.7 Å². The van der Waals surface area contributed by atoms with Crippen LogP contribution >= 0.6 is 11.6 Å². The number of likely N-dealkylation sites (tertiary alicyclic amines) is 1. The van der Waals surface area contributed by atoms with Gasteiger partial charge in [0.1, 0.15) is 23.5 Å². The molecular formula is C17H20ClN3O3. The van der Waals surface area contributed by atoms with Gasteiger partial charge in [-0.3, -0.25) is 4.90 Å². The molecule has 1 aromatic heterocycles. The number of hydrogen-bond donors (Lipinski definition) is 1. The predicted octanol–water partition coefficient (Wildman–Crippen LogP) is 2.15. The summed E-state index contributed by atoms with van der Waals surface area (Å²) in [6, 6.07) is 9.14. The SMILES string of the molecule is OCc1ccc(OCCN2CCC(Oc3nnccc3Cl)C2)cc1. The van der Waals surface area contributed by atoms with Gasteiger partial charge in [0, 0.05) is 19.6 Å². The lowest BCUT2D eigenvalue weighted by molar-refractivity contribution is 0.180. The number of hydrogen-bond acceptors (Lipinski definition) is 6. The molecule has 1 saturated heterocycles. The summed E-state index contributed by atoms with van der Waals surface area (Å²) in [7, 11) is 0. The Labute approximate surface area is 146 Å². The van der Waals surface area contributed by atoms with E-state index in [2.05, 4.69) is 15.1 Å². The normalized spacial score (nSPS) is 17.8. The van der Waals surface area contributed by atoms with Gasteiger partial charge in [-0.2, -0.15) is 5.10 Å². The molecule has 6 nitrogen and oxygen atoms in total. The Hall–Kier alpha value is -1.89. The Kier molecular flexibility index (Phi) is 5.85. The Morgan fingerprint density at radius 2 is 2.08 bits per heavy atom. The number of ether oxygens (including phenoxy) is 2. The molecule has 1 fully saturated rings. The van der Waals surface area contributed by atoms with Crippen molar-refractivity contribution in [3.8, 4) is 11.6 Å². The van der Waals surface area contributed by atoms with Crippen LogP contribution in [0.5, 0.6) is 11.6 Å². The molecule has 3 rings (SSSR count). The molecule has 24 heavy (non-hydrogen) atoms. The molecule has 1 aliphatic rings. The highest BCUT2D eigenvalue weighted by Gasteiger charge is 2.24. The number of rotatable bonds is 7. The van der Waals surface area contributed by atoms with Gasteiger partial charge in [-0.15, -0.1) is 5.10 Å². The second kappa shape index (κ2) is 8.28. The maximum absolute atomic E-state index is 9.02. The predicted molar refractivity (Wildman–Crippen MR) is 90.4 cm³/mol. The lowest BCUT2D eigenvalue weighted by atomic mass is 10.2. The summed E-state index contributed by atoms with van der Waals surface area (Å²) < 4.78 is 11.5. The van der Waals surface area contributed by atoms with Gasteiger partial charge in [0.25, 0.3) is 5.88 Å². The zero-order chi connectivity index (χ0) is 16.8. The largest absolute Gasteiger partial charge is 0.492 e. The zero-order valence-corrected chi connectivity index (χ0v) is 14.0. The fourth-order valence-corrected chi connectivity index (χ4v) is 2.76. The highest BCUT2D eigenvalue weighted by molar-refractivity contribution is 6.31. The number of nitrogens with zero attached hydrogens (tertiary/aromatic N) is 3. The number of benzene rings is 1. The summed E-state index contributed by atoms with van der Waals surface area (Å²) in [6.07, 6.45) is 2.54. The van der Waals surface area contributed by atoms with Crippen LogP contribution < -0.4 is 9.47 Å². The standard InChI is InChI=1S/C17H20ClN3O3/c18-16-5-7-19-20-17(16)24-15-6-8-21(11-15)9-10-23-14-3-1-13(12-22)2-4-14/h1-5,7,15,22H,6,8-12H2. The number of aliphatic hydroxyl groups is 1. The van der Waals surface area contributed by atoms with Crippen LogP contribution in [-0.4, -0.2) is 52.5 Å². The van der Waals surface area contributed by atoms with Crippen LogP contribution in [0.25, 0.3) is 0 Å². The third kappa shape index (κ3) is 4.56. The topological polar surface area (TPSA) is 67.7 Å². The van der Waals surface area contributed by atoms with Crippen molar-refractivity contribution in [2.24, 2.45) is 0 Å². The first-order valence-corrected chi connectivity index (χ1v) is 8.31. The van der Waals surface area contributed by atoms with Gasteiger partial charge in [-0.05, 0) is 30.2 Å². The van der Waals surface area contributed by atoms with Crippen molar-refractivity contribution in [1.29, 1.82) is 0 Å². The number of halogens is 1. The van der Waals surface area contributed by atoms with E-state index in [9.17, 15) is 0 Å². The van der Waals surface area contributed by atoms with Crippen LogP contribution in [0.15, 0.2) is 36.5 Å². The molecule has 7 heteroatoms. The summed E-state index contributed by atoms with van der Waals surface area (Å²) in [6.45, 7) is 3.26. The highest BCUT2D eigenvalue weighted by Crippen LogP contribution is 2.23. The average molecular weight is 350 g/mol. The molecular weight excluding hydrogens is 330 g/mol. The van der Waals surface area contributed by atoms with Crippen LogP contribution in [0.1, 0.15) is 12.0 Å². The molecule has 1 aliphatic heterocycles. The van der Waals surface area contributed by atoms with Crippen LogP contribution in [-0.2, 0) is 6.61 Å². The van der Waals surface area contributed by atoms with Crippen molar-refractivity contribution >= 4 is 11.6 Å². The fourth-order valence-electron chi connectivity index (χ4n) is 2.62. The zero-order valence-electron chi connectivity index (χ0n) is 13.3. The van der Waals surface area contributed by atoms with Crippen molar-refractivity contribution in [3.63, 3.8) is 0 Å². The molecule has 0 bridgehead atoms. The minimum absolute atomic E-state index is 0.0469. The summed E-state index contributed by atoms with van der Waals surface area (Å²) >= 11 is 6.04. The van der Waals surface area contributed by atoms with E-state index in [-0.39, 0.29) is 12.7 Å². The minimum atomic E-state index is 0.0469. The Balaban J connectivity index is 1.40.